The van der Waals surface area contributed by atoms with E-state index in [0.717, 1.165) is 25.0 Å². The number of phenolic OH excluding ortho intramolecular Hbond substituents is 1. The van der Waals surface area contributed by atoms with Crippen LogP contribution in [-0.2, 0) is 4.74 Å². The molecule has 0 aliphatic carbocycles. The Morgan fingerprint density at radius 3 is 2.74 bits per heavy atom. The second-order valence-electron chi connectivity index (χ2n) is 4.52. The summed E-state index contributed by atoms with van der Waals surface area (Å²) in [5.74, 6) is -3.80. The van der Waals surface area contributed by atoms with Gasteiger partial charge in [0.05, 0.1) is 5.56 Å². The minimum atomic E-state index is -1.23. The van der Waals surface area contributed by atoms with Crippen LogP contribution in [0.15, 0.2) is 12.1 Å². The fraction of sp³-hybridized carbons (Fsp3) is 0.462. The Bertz CT molecular complexity index is 473. The van der Waals surface area contributed by atoms with E-state index in [2.05, 4.69) is 5.32 Å². The second-order valence-corrected chi connectivity index (χ2v) is 4.52. The van der Waals surface area contributed by atoms with E-state index in [0.29, 0.717) is 25.7 Å². The molecule has 0 aromatic heterocycles. The SMILES string of the molecule is O=C(NCC1CCOCC1)c1ccc(F)c(O)c1F. The van der Waals surface area contributed by atoms with Gasteiger partial charge in [-0.1, -0.05) is 0 Å². The molecule has 0 radical (unpaired) electrons. The summed E-state index contributed by atoms with van der Waals surface area (Å²) in [6.07, 6.45) is 1.69. The molecule has 0 spiro atoms. The van der Waals surface area contributed by atoms with Gasteiger partial charge >= 0.3 is 0 Å². The highest BCUT2D eigenvalue weighted by Gasteiger charge is 2.20. The van der Waals surface area contributed by atoms with Gasteiger partial charge in [0.1, 0.15) is 0 Å². The lowest BCUT2D eigenvalue weighted by molar-refractivity contribution is 0.0642. The van der Waals surface area contributed by atoms with Gasteiger partial charge in [-0.05, 0) is 30.9 Å². The normalized spacial score (nSPS) is 16.3. The molecule has 0 unspecified atom stereocenters. The predicted octanol–water partition coefficient (Wildman–Crippen LogP) is 1.83. The van der Waals surface area contributed by atoms with Crippen molar-refractivity contribution in [3.05, 3.63) is 29.3 Å². The quantitative estimate of drug-likeness (QED) is 0.881. The number of amides is 1. The Labute approximate surface area is 109 Å². The Morgan fingerprint density at radius 1 is 1.37 bits per heavy atom. The molecule has 2 N–H and O–H groups in total. The molecule has 1 fully saturated rings. The molecular formula is C13H15F2NO3. The number of nitrogens with one attached hydrogen (secondary N) is 1. The van der Waals surface area contributed by atoms with Crippen molar-refractivity contribution in [3.8, 4) is 5.75 Å². The van der Waals surface area contributed by atoms with E-state index in [4.69, 9.17) is 9.84 Å². The number of phenols is 1. The molecule has 1 aliphatic heterocycles. The zero-order chi connectivity index (χ0) is 13.8. The number of ether oxygens (including phenoxy) is 1. The van der Waals surface area contributed by atoms with Crippen LogP contribution in [0.4, 0.5) is 8.78 Å². The third kappa shape index (κ3) is 3.20. The summed E-state index contributed by atoms with van der Waals surface area (Å²) in [4.78, 5) is 11.8. The maximum absolute atomic E-state index is 13.5. The summed E-state index contributed by atoms with van der Waals surface area (Å²) in [5.41, 5.74) is -0.356. The number of rotatable bonds is 3. The van der Waals surface area contributed by atoms with Crippen LogP contribution in [0.1, 0.15) is 23.2 Å². The molecule has 6 heteroatoms. The molecule has 2 rings (SSSR count). The third-order valence-corrected chi connectivity index (χ3v) is 3.20. The fourth-order valence-corrected chi connectivity index (χ4v) is 2.00. The van der Waals surface area contributed by atoms with Crippen molar-refractivity contribution in [1.82, 2.24) is 5.32 Å². The van der Waals surface area contributed by atoms with Crippen LogP contribution in [0.5, 0.6) is 5.75 Å². The van der Waals surface area contributed by atoms with Crippen molar-refractivity contribution in [2.45, 2.75) is 12.8 Å². The molecule has 19 heavy (non-hydrogen) atoms. The summed E-state index contributed by atoms with van der Waals surface area (Å²) < 4.78 is 31.6. The minimum absolute atomic E-state index is 0.301. The van der Waals surface area contributed by atoms with Gasteiger partial charge in [-0.25, -0.2) is 8.78 Å². The molecular weight excluding hydrogens is 256 g/mol. The van der Waals surface area contributed by atoms with Crippen LogP contribution in [0.3, 0.4) is 0 Å². The largest absolute Gasteiger partial charge is 0.503 e. The lowest BCUT2D eigenvalue weighted by Gasteiger charge is -2.22. The van der Waals surface area contributed by atoms with E-state index in [1.807, 2.05) is 0 Å². The van der Waals surface area contributed by atoms with Gasteiger partial charge in [0, 0.05) is 19.8 Å². The van der Waals surface area contributed by atoms with Gasteiger partial charge in [0.25, 0.3) is 5.91 Å². The first-order valence-corrected chi connectivity index (χ1v) is 6.12. The lowest BCUT2D eigenvalue weighted by atomic mass is 10.0. The number of benzene rings is 1. The van der Waals surface area contributed by atoms with E-state index in [1.54, 1.807) is 0 Å². The Morgan fingerprint density at radius 2 is 2.05 bits per heavy atom. The van der Waals surface area contributed by atoms with E-state index in [9.17, 15) is 13.6 Å². The lowest BCUT2D eigenvalue weighted by Crippen LogP contribution is -2.32. The van der Waals surface area contributed by atoms with E-state index >= 15 is 0 Å². The Hall–Kier alpha value is -1.69. The first-order chi connectivity index (χ1) is 9.09. The Kier molecular flexibility index (Phi) is 4.31. The molecule has 1 heterocycles. The monoisotopic (exact) mass is 271 g/mol. The van der Waals surface area contributed by atoms with Crippen molar-refractivity contribution in [3.63, 3.8) is 0 Å². The van der Waals surface area contributed by atoms with Crippen LogP contribution in [0, 0.1) is 17.6 Å². The van der Waals surface area contributed by atoms with Crippen LogP contribution >= 0.6 is 0 Å². The van der Waals surface area contributed by atoms with Crippen LogP contribution in [0.2, 0.25) is 0 Å². The average molecular weight is 271 g/mol. The molecule has 104 valence electrons. The summed E-state index contributed by atoms with van der Waals surface area (Å²) in [7, 11) is 0. The van der Waals surface area contributed by atoms with E-state index in [1.165, 1.54) is 0 Å². The van der Waals surface area contributed by atoms with Gasteiger partial charge in [-0.15, -0.1) is 0 Å². The van der Waals surface area contributed by atoms with Gasteiger partial charge in [-0.3, -0.25) is 4.79 Å². The molecule has 0 atom stereocenters. The summed E-state index contributed by atoms with van der Waals surface area (Å²) in [6.45, 7) is 1.73. The van der Waals surface area contributed by atoms with Crippen molar-refractivity contribution in [1.29, 1.82) is 0 Å². The van der Waals surface area contributed by atoms with Gasteiger partial charge < -0.3 is 15.2 Å². The zero-order valence-corrected chi connectivity index (χ0v) is 10.3. The number of carbonyl (C=O) groups is 1. The van der Waals surface area contributed by atoms with E-state index in [-0.39, 0.29) is 5.56 Å². The number of halogens is 2. The van der Waals surface area contributed by atoms with Gasteiger partial charge in [0.15, 0.2) is 17.4 Å². The first kappa shape index (κ1) is 13.7. The molecule has 1 aromatic rings. The highest BCUT2D eigenvalue weighted by Crippen LogP contribution is 2.23. The van der Waals surface area contributed by atoms with Crippen LogP contribution in [0.25, 0.3) is 0 Å². The molecule has 1 amide bonds. The van der Waals surface area contributed by atoms with Crippen molar-refractivity contribution < 1.29 is 23.4 Å². The highest BCUT2D eigenvalue weighted by atomic mass is 19.1. The maximum atomic E-state index is 13.5. The van der Waals surface area contributed by atoms with Crippen LogP contribution in [-0.4, -0.2) is 30.8 Å². The number of carbonyl (C=O) groups excluding carboxylic acids is 1. The topological polar surface area (TPSA) is 58.6 Å². The van der Waals surface area contributed by atoms with Gasteiger partial charge in [-0.2, -0.15) is 0 Å². The molecule has 0 bridgehead atoms. The second kappa shape index (κ2) is 5.97. The highest BCUT2D eigenvalue weighted by molar-refractivity contribution is 5.94. The fourth-order valence-electron chi connectivity index (χ4n) is 2.00. The number of hydrogen-bond acceptors (Lipinski definition) is 3. The first-order valence-electron chi connectivity index (χ1n) is 6.12. The molecule has 1 aromatic carbocycles. The summed E-state index contributed by atoms with van der Waals surface area (Å²) in [5, 5.41) is 11.7. The number of aromatic hydroxyl groups is 1. The maximum Gasteiger partial charge on any atom is 0.254 e. The molecule has 4 nitrogen and oxygen atoms in total. The average Bonchev–Trinajstić information content (AvgIpc) is 2.43. The smallest absolute Gasteiger partial charge is 0.254 e. The minimum Gasteiger partial charge on any atom is -0.503 e. The molecule has 0 saturated carbocycles. The predicted molar refractivity (Wildman–Crippen MR) is 63.9 cm³/mol. The van der Waals surface area contributed by atoms with E-state index < -0.39 is 23.3 Å². The van der Waals surface area contributed by atoms with Gasteiger partial charge in [0.2, 0.25) is 0 Å². The molecule has 1 aliphatic rings. The van der Waals surface area contributed by atoms with Crippen molar-refractivity contribution in [2.75, 3.05) is 19.8 Å². The summed E-state index contributed by atoms with van der Waals surface area (Å²) in [6, 6.07) is 1.88. The zero-order valence-electron chi connectivity index (χ0n) is 10.3. The summed E-state index contributed by atoms with van der Waals surface area (Å²) >= 11 is 0. The van der Waals surface area contributed by atoms with Crippen LogP contribution < -0.4 is 5.32 Å². The molecule has 1 saturated heterocycles. The Balaban J connectivity index is 1.98. The standard InChI is InChI=1S/C13H15F2NO3/c14-10-2-1-9(11(15)12(10)17)13(18)16-7-8-3-5-19-6-4-8/h1-2,8,17H,3-7H2,(H,16,18). The number of hydrogen-bond donors (Lipinski definition) is 2. The third-order valence-electron chi connectivity index (χ3n) is 3.20. The van der Waals surface area contributed by atoms with Crippen molar-refractivity contribution >= 4 is 5.91 Å². The van der Waals surface area contributed by atoms with Crippen molar-refractivity contribution in [2.24, 2.45) is 5.92 Å².